The van der Waals surface area contributed by atoms with Gasteiger partial charge in [-0.25, -0.2) is 0 Å². The summed E-state index contributed by atoms with van der Waals surface area (Å²) in [6.07, 6.45) is 1.81. The first-order valence-electron chi connectivity index (χ1n) is 9.42. The van der Waals surface area contributed by atoms with Crippen LogP contribution in [0.1, 0.15) is 34.7 Å². The summed E-state index contributed by atoms with van der Waals surface area (Å²) in [6.45, 7) is 4.14. The zero-order valence-corrected chi connectivity index (χ0v) is 17.7. The average Bonchev–Trinajstić information content (AvgIpc) is 3.25. The number of hydrogen-bond donors (Lipinski definition) is 2. The summed E-state index contributed by atoms with van der Waals surface area (Å²) in [6, 6.07) is 13.6. The highest BCUT2D eigenvalue weighted by atomic mass is 32.1. The molecule has 2 N–H and O–H groups in total. The Hall–Kier alpha value is -3.06. The molecule has 0 radical (unpaired) electrons. The van der Waals surface area contributed by atoms with Crippen molar-refractivity contribution < 1.29 is 9.47 Å². The number of nitrogens with zero attached hydrogens (tertiary/aromatic N) is 2. The summed E-state index contributed by atoms with van der Waals surface area (Å²) in [5.41, 5.74) is 5.16. The Morgan fingerprint density at radius 1 is 1.07 bits per heavy atom. The summed E-state index contributed by atoms with van der Waals surface area (Å²) in [4.78, 5) is 10.1. The number of H-pyrrole nitrogens is 1. The van der Waals surface area contributed by atoms with Crippen LogP contribution in [0.2, 0.25) is 0 Å². The summed E-state index contributed by atoms with van der Waals surface area (Å²) < 4.78 is 11.1. The zero-order valence-electron chi connectivity index (χ0n) is 16.9. The SMILES string of the molecule is COc1ccc(OC)c(N2C(=S)N[C@H](c3ccccn3)[C@@H]2c2cc(C)[nH]c2C)c1. The second-order valence-corrected chi connectivity index (χ2v) is 7.45. The van der Waals surface area contributed by atoms with Crippen molar-refractivity contribution in [1.29, 1.82) is 0 Å². The highest BCUT2D eigenvalue weighted by Crippen LogP contribution is 2.46. The van der Waals surface area contributed by atoms with E-state index in [-0.39, 0.29) is 12.1 Å². The molecular weight excluding hydrogens is 384 g/mol. The van der Waals surface area contributed by atoms with Crippen LogP contribution in [0.25, 0.3) is 0 Å². The van der Waals surface area contributed by atoms with Crippen LogP contribution in [0.3, 0.4) is 0 Å². The number of nitrogens with one attached hydrogen (secondary N) is 2. The van der Waals surface area contributed by atoms with Gasteiger partial charge in [0.05, 0.1) is 37.7 Å². The lowest BCUT2D eigenvalue weighted by molar-refractivity contribution is 0.403. The molecule has 0 aliphatic carbocycles. The molecule has 1 aliphatic heterocycles. The molecule has 150 valence electrons. The maximum Gasteiger partial charge on any atom is 0.174 e. The number of hydrogen-bond acceptors (Lipinski definition) is 4. The maximum atomic E-state index is 5.79. The van der Waals surface area contributed by atoms with Gasteiger partial charge in [-0.05, 0) is 62.0 Å². The van der Waals surface area contributed by atoms with E-state index in [9.17, 15) is 0 Å². The fourth-order valence-electron chi connectivity index (χ4n) is 3.97. The number of methoxy groups -OCH3 is 2. The molecule has 4 rings (SSSR count). The Labute approximate surface area is 175 Å². The van der Waals surface area contributed by atoms with Crippen LogP contribution in [-0.2, 0) is 0 Å². The molecule has 6 nitrogen and oxygen atoms in total. The molecule has 0 unspecified atom stereocenters. The fourth-order valence-corrected chi connectivity index (χ4v) is 4.31. The Morgan fingerprint density at radius 2 is 1.90 bits per heavy atom. The van der Waals surface area contributed by atoms with Crippen molar-refractivity contribution in [2.75, 3.05) is 19.1 Å². The van der Waals surface area contributed by atoms with Crippen molar-refractivity contribution in [1.82, 2.24) is 15.3 Å². The minimum Gasteiger partial charge on any atom is -0.497 e. The van der Waals surface area contributed by atoms with E-state index in [0.717, 1.165) is 39.8 Å². The van der Waals surface area contributed by atoms with E-state index in [1.54, 1.807) is 20.4 Å². The summed E-state index contributed by atoms with van der Waals surface area (Å²) >= 11 is 5.79. The molecular formula is C22H24N4O2S. The molecule has 0 saturated carbocycles. The maximum absolute atomic E-state index is 5.79. The first-order chi connectivity index (χ1) is 14.0. The minimum absolute atomic E-state index is 0.0941. The van der Waals surface area contributed by atoms with Crippen molar-refractivity contribution in [3.63, 3.8) is 0 Å². The lowest BCUT2D eigenvalue weighted by Gasteiger charge is -2.29. The third-order valence-corrected chi connectivity index (χ3v) is 5.57. The van der Waals surface area contributed by atoms with Crippen LogP contribution < -0.4 is 19.7 Å². The van der Waals surface area contributed by atoms with Gasteiger partial charge in [0.1, 0.15) is 11.5 Å². The number of aryl methyl sites for hydroxylation is 2. The normalized spacial score (nSPS) is 18.6. The lowest BCUT2D eigenvalue weighted by atomic mass is 9.96. The standard InChI is InChI=1S/C22H24N4O2S/c1-13-11-16(14(2)24-13)21-20(17-7-5-6-10-23-17)25-22(29)26(21)18-12-15(27-3)8-9-19(18)28-4/h5-12,20-21,24H,1-4H3,(H,25,29)/t20-,21+/m1/s1. The predicted molar refractivity (Wildman–Crippen MR) is 118 cm³/mol. The Morgan fingerprint density at radius 3 is 2.52 bits per heavy atom. The number of ether oxygens (including phenoxy) is 2. The molecule has 7 heteroatoms. The van der Waals surface area contributed by atoms with Crippen LogP contribution in [0.15, 0.2) is 48.7 Å². The van der Waals surface area contributed by atoms with Crippen LogP contribution in [0.4, 0.5) is 5.69 Å². The van der Waals surface area contributed by atoms with Gasteiger partial charge in [-0.1, -0.05) is 6.07 Å². The molecule has 2 atom stereocenters. The number of aromatic amines is 1. The summed E-state index contributed by atoms with van der Waals surface area (Å²) in [7, 11) is 3.31. The number of pyridine rings is 1. The molecule has 0 amide bonds. The highest BCUT2D eigenvalue weighted by Gasteiger charge is 2.42. The molecule has 3 aromatic rings. The quantitative estimate of drug-likeness (QED) is 0.617. The van der Waals surface area contributed by atoms with Gasteiger partial charge in [0.15, 0.2) is 5.11 Å². The molecule has 0 spiro atoms. The van der Waals surface area contributed by atoms with Gasteiger partial charge < -0.3 is 24.7 Å². The molecule has 2 aromatic heterocycles. The van der Waals surface area contributed by atoms with Crippen molar-refractivity contribution in [3.05, 3.63) is 71.3 Å². The molecule has 29 heavy (non-hydrogen) atoms. The van der Waals surface area contributed by atoms with E-state index >= 15 is 0 Å². The zero-order chi connectivity index (χ0) is 20.5. The molecule has 0 bridgehead atoms. The second kappa shape index (κ2) is 7.75. The number of thiocarbonyl (C=S) groups is 1. The Kier molecular flexibility index (Phi) is 5.15. The number of anilines is 1. The fraction of sp³-hybridized carbons (Fsp3) is 0.273. The van der Waals surface area contributed by atoms with E-state index in [2.05, 4.69) is 40.1 Å². The van der Waals surface area contributed by atoms with Gasteiger partial charge in [-0.3, -0.25) is 4.98 Å². The van der Waals surface area contributed by atoms with Gasteiger partial charge in [-0.2, -0.15) is 0 Å². The van der Waals surface area contributed by atoms with Crippen molar-refractivity contribution in [2.45, 2.75) is 25.9 Å². The monoisotopic (exact) mass is 408 g/mol. The van der Waals surface area contributed by atoms with Crippen molar-refractivity contribution >= 4 is 23.0 Å². The van der Waals surface area contributed by atoms with Crippen molar-refractivity contribution in [2.24, 2.45) is 0 Å². The minimum atomic E-state index is -0.103. The Bertz CT molecular complexity index is 1030. The van der Waals surface area contributed by atoms with Crippen LogP contribution in [-0.4, -0.2) is 29.3 Å². The second-order valence-electron chi connectivity index (χ2n) is 7.07. The van der Waals surface area contributed by atoms with Gasteiger partial charge in [0.25, 0.3) is 0 Å². The largest absolute Gasteiger partial charge is 0.497 e. The topological polar surface area (TPSA) is 62.4 Å². The molecule has 1 saturated heterocycles. The van der Waals surface area contributed by atoms with E-state index in [1.165, 1.54) is 0 Å². The molecule has 1 fully saturated rings. The highest BCUT2D eigenvalue weighted by molar-refractivity contribution is 7.80. The first-order valence-corrected chi connectivity index (χ1v) is 9.83. The smallest absolute Gasteiger partial charge is 0.174 e. The average molecular weight is 409 g/mol. The van der Waals surface area contributed by atoms with Crippen LogP contribution >= 0.6 is 12.2 Å². The lowest BCUT2D eigenvalue weighted by Crippen LogP contribution is -2.30. The van der Waals surface area contributed by atoms with Gasteiger partial charge in [0.2, 0.25) is 0 Å². The van der Waals surface area contributed by atoms with Crippen LogP contribution in [0.5, 0.6) is 11.5 Å². The Balaban J connectivity index is 1.90. The predicted octanol–water partition coefficient (Wildman–Crippen LogP) is 4.22. The summed E-state index contributed by atoms with van der Waals surface area (Å²) in [5, 5.41) is 4.10. The van der Waals surface area contributed by atoms with E-state index in [0.29, 0.717) is 5.11 Å². The molecule has 1 aliphatic rings. The number of aromatic nitrogens is 2. The number of benzene rings is 1. The van der Waals surface area contributed by atoms with Gasteiger partial charge in [0, 0.05) is 23.7 Å². The number of rotatable bonds is 5. The van der Waals surface area contributed by atoms with Crippen molar-refractivity contribution in [3.8, 4) is 11.5 Å². The molecule has 1 aromatic carbocycles. The first kappa shape index (κ1) is 19.3. The van der Waals surface area contributed by atoms with Crippen LogP contribution in [0, 0.1) is 13.8 Å². The third kappa shape index (κ3) is 3.42. The molecule has 3 heterocycles. The van der Waals surface area contributed by atoms with Gasteiger partial charge >= 0.3 is 0 Å². The third-order valence-electron chi connectivity index (χ3n) is 5.25. The van der Waals surface area contributed by atoms with E-state index in [4.69, 9.17) is 21.7 Å². The summed E-state index contributed by atoms with van der Waals surface area (Å²) in [5.74, 6) is 1.47. The van der Waals surface area contributed by atoms with E-state index < -0.39 is 0 Å². The van der Waals surface area contributed by atoms with E-state index in [1.807, 2.05) is 36.4 Å². The van der Waals surface area contributed by atoms with Gasteiger partial charge in [-0.15, -0.1) is 0 Å².